The Labute approximate surface area is 81.9 Å². The summed E-state index contributed by atoms with van der Waals surface area (Å²) in [5.74, 6) is -0.335. The molecule has 0 bridgehead atoms. The van der Waals surface area contributed by atoms with E-state index in [0.29, 0.717) is 12.2 Å². The molecule has 0 N–H and O–H groups in total. The molecule has 0 radical (unpaired) electrons. The number of nitrogens with zero attached hydrogens (tertiary/aromatic N) is 1. The molecule has 0 spiro atoms. The summed E-state index contributed by atoms with van der Waals surface area (Å²) in [5.41, 5.74) is 0.557. The van der Waals surface area contributed by atoms with Crippen LogP contribution < -0.4 is 4.74 Å². The molecule has 1 aromatic rings. The van der Waals surface area contributed by atoms with Crippen molar-refractivity contribution < 1.29 is 13.9 Å². The molecule has 0 atom stereocenters. The Hall–Kier alpha value is -1.60. The quantitative estimate of drug-likeness (QED) is 0.691. The minimum atomic E-state index is -0.577. The van der Waals surface area contributed by atoms with Crippen LogP contribution in [0.5, 0.6) is 5.75 Å². The van der Waals surface area contributed by atoms with E-state index in [4.69, 9.17) is 16.0 Å². The van der Waals surface area contributed by atoms with Gasteiger partial charge in [0.25, 0.3) is 5.69 Å². The zero-order valence-corrected chi connectivity index (χ0v) is 8.00. The number of hydrogen-bond acceptors (Lipinski definition) is 2. The van der Waals surface area contributed by atoms with Gasteiger partial charge in [-0.25, -0.2) is 9.24 Å². The van der Waals surface area contributed by atoms with E-state index in [1.54, 1.807) is 6.07 Å². The maximum atomic E-state index is 13.3. The molecule has 0 aliphatic carbocycles. The summed E-state index contributed by atoms with van der Waals surface area (Å²) in [5, 5.41) is 0. The first-order valence-electron chi connectivity index (χ1n) is 3.95. The van der Waals surface area contributed by atoms with E-state index in [0.717, 1.165) is 0 Å². The second-order valence-electron chi connectivity index (χ2n) is 2.67. The zero-order valence-electron chi connectivity index (χ0n) is 8.00. The lowest BCUT2D eigenvalue weighted by Crippen LogP contribution is -1.92. The van der Waals surface area contributed by atoms with Gasteiger partial charge in [0.05, 0.1) is 20.3 Å². The third-order valence-corrected chi connectivity index (χ3v) is 1.73. The summed E-state index contributed by atoms with van der Waals surface area (Å²) < 4.78 is 23.0. The van der Waals surface area contributed by atoms with Crippen LogP contribution in [0.3, 0.4) is 0 Å². The van der Waals surface area contributed by atoms with Crippen molar-refractivity contribution >= 4 is 5.69 Å². The number of halogens is 1. The van der Waals surface area contributed by atoms with Crippen molar-refractivity contribution in [2.75, 3.05) is 14.2 Å². The van der Waals surface area contributed by atoms with Gasteiger partial charge < -0.3 is 9.47 Å². The molecular weight excluding hydrogens is 185 g/mol. The standard InChI is InChI=1S/C10H10FNO2/c1-12-10-8(11)4-7(6-13-2)5-9(10)14-3/h4-5H,6H2,2-3H3. The van der Waals surface area contributed by atoms with Crippen LogP contribution in [-0.4, -0.2) is 14.2 Å². The fourth-order valence-corrected chi connectivity index (χ4v) is 1.14. The van der Waals surface area contributed by atoms with Crippen molar-refractivity contribution in [3.8, 4) is 5.75 Å². The van der Waals surface area contributed by atoms with E-state index >= 15 is 0 Å². The van der Waals surface area contributed by atoms with Crippen LogP contribution in [0.25, 0.3) is 4.85 Å². The highest BCUT2D eigenvalue weighted by Crippen LogP contribution is 2.31. The van der Waals surface area contributed by atoms with E-state index in [2.05, 4.69) is 4.85 Å². The summed E-state index contributed by atoms with van der Waals surface area (Å²) >= 11 is 0. The van der Waals surface area contributed by atoms with Crippen LogP contribution in [0, 0.1) is 12.4 Å². The smallest absolute Gasteiger partial charge is 0.262 e. The van der Waals surface area contributed by atoms with Gasteiger partial charge in [0.2, 0.25) is 0 Å². The fourth-order valence-electron chi connectivity index (χ4n) is 1.14. The van der Waals surface area contributed by atoms with E-state index in [1.165, 1.54) is 20.3 Å². The Morgan fingerprint density at radius 1 is 1.43 bits per heavy atom. The van der Waals surface area contributed by atoms with Gasteiger partial charge in [-0.05, 0) is 17.7 Å². The summed E-state index contributed by atoms with van der Waals surface area (Å²) in [6.45, 7) is 7.07. The lowest BCUT2D eigenvalue weighted by Gasteiger charge is -2.06. The highest BCUT2D eigenvalue weighted by molar-refractivity contribution is 5.59. The van der Waals surface area contributed by atoms with Crippen molar-refractivity contribution in [1.29, 1.82) is 0 Å². The van der Waals surface area contributed by atoms with Gasteiger partial charge >= 0.3 is 0 Å². The molecule has 0 saturated carbocycles. The molecule has 1 rings (SSSR count). The van der Waals surface area contributed by atoms with Gasteiger partial charge in [-0.1, -0.05) is 0 Å². The van der Waals surface area contributed by atoms with Crippen LogP contribution >= 0.6 is 0 Å². The summed E-state index contributed by atoms with van der Waals surface area (Å²) in [6, 6.07) is 2.87. The van der Waals surface area contributed by atoms with Crippen LogP contribution in [0.15, 0.2) is 12.1 Å². The van der Waals surface area contributed by atoms with E-state index in [9.17, 15) is 4.39 Å². The van der Waals surface area contributed by atoms with Gasteiger partial charge in [0, 0.05) is 7.11 Å². The predicted molar refractivity (Wildman–Crippen MR) is 49.9 cm³/mol. The number of benzene rings is 1. The molecule has 0 fully saturated rings. The lowest BCUT2D eigenvalue weighted by molar-refractivity contribution is 0.184. The van der Waals surface area contributed by atoms with Crippen molar-refractivity contribution in [3.05, 3.63) is 34.9 Å². The van der Waals surface area contributed by atoms with E-state index in [-0.39, 0.29) is 11.4 Å². The highest BCUT2D eigenvalue weighted by Gasteiger charge is 2.11. The van der Waals surface area contributed by atoms with Gasteiger partial charge in [-0.15, -0.1) is 0 Å². The Kier molecular flexibility index (Phi) is 3.43. The first-order chi connectivity index (χ1) is 6.72. The van der Waals surface area contributed by atoms with Gasteiger partial charge in [-0.2, -0.15) is 0 Å². The maximum absolute atomic E-state index is 13.3. The molecule has 0 unspecified atom stereocenters. The number of hydrogen-bond donors (Lipinski definition) is 0. The molecule has 1 aromatic carbocycles. The van der Waals surface area contributed by atoms with Crippen molar-refractivity contribution in [3.63, 3.8) is 0 Å². The molecule has 14 heavy (non-hydrogen) atoms. The summed E-state index contributed by atoms with van der Waals surface area (Å²) in [4.78, 5) is 3.05. The zero-order chi connectivity index (χ0) is 10.6. The molecular formula is C10H10FNO2. The monoisotopic (exact) mass is 195 g/mol. The van der Waals surface area contributed by atoms with Crippen LogP contribution in [-0.2, 0) is 11.3 Å². The van der Waals surface area contributed by atoms with Crippen LogP contribution in [0.1, 0.15) is 5.56 Å². The van der Waals surface area contributed by atoms with E-state index in [1.807, 2.05) is 0 Å². The number of methoxy groups -OCH3 is 2. The Morgan fingerprint density at radius 3 is 2.64 bits per heavy atom. The summed E-state index contributed by atoms with van der Waals surface area (Å²) in [7, 11) is 2.92. The van der Waals surface area contributed by atoms with E-state index < -0.39 is 5.82 Å². The highest BCUT2D eigenvalue weighted by atomic mass is 19.1. The van der Waals surface area contributed by atoms with Crippen LogP contribution in [0.2, 0.25) is 0 Å². The fraction of sp³-hybridized carbons (Fsp3) is 0.300. The second-order valence-corrected chi connectivity index (χ2v) is 2.67. The topological polar surface area (TPSA) is 22.8 Å². The Balaban J connectivity index is 3.19. The minimum Gasteiger partial charge on any atom is -0.508 e. The van der Waals surface area contributed by atoms with Crippen molar-refractivity contribution in [2.45, 2.75) is 6.61 Å². The molecule has 0 aliphatic rings. The Morgan fingerprint density at radius 2 is 2.14 bits per heavy atom. The first kappa shape index (κ1) is 10.5. The first-order valence-corrected chi connectivity index (χ1v) is 3.95. The SMILES string of the molecule is [C-]#[N+]c1c(F)cc(COC)cc1OC. The minimum absolute atomic E-state index is 0.0904. The second kappa shape index (κ2) is 4.58. The average Bonchev–Trinajstić information content (AvgIpc) is 2.17. The molecule has 3 nitrogen and oxygen atoms in total. The van der Waals surface area contributed by atoms with Crippen molar-refractivity contribution in [2.24, 2.45) is 0 Å². The third kappa shape index (κ3) is 2.01. The number of rotatable bonds is 3. The molecule has 0 saturated heterocycles. The molecule has 4 heteroatoms. The summed E-state index contributed by atoms with van der Waals surface area (Å²) in [6.07, 6.45) is 0. The predicted octanol–water partition coefficient (Wildman–Crippen LogP) is 2.53. The number of ether oxygens (including phenoxy) is 2. The van der Waals surface area contributed by atoms with Gasteiger partial charge in [0.15, 0.2) is 0 Å². The lowest BCUT2D eigenvalue weighted by atomic mass is 10.2. The maximum Gasteiger partial charge on any atom is 0.262 e. The molecule has 0 amide bonds. The molecule has 0 heterocycles. The molecule has 0 aliphatic heterocycles. The Bertz CT molecular complexity index is 371. The van der Waals surface area contributed by atoms with Gasteiger partial charge in [-0.3, -0.25) is 0 Å². The average molecular weight is 195 g/mol. The largest absolute Gasteiger partial charge is 0.508 e. The van der Waals surface area contributed by atoms with Gasteiger partial charge in [0.1, 0.15) is 11.6 Å². The van der Waals surface area contributed by atoms with Crippen molar-refractivity contribution in [1.82, 2.24) is 0 Å². The molecule has 0 aromatic heterocycles. The normalized spacial score (nSPS) is 9.57. The third-order valence-electron chi connectivity index (χ3n) is 1.73. The van der Waals surface area contributed by atoms with Crippen LogP contribution in [0.4, 0.5) is 10.1 Å². The molecule has 74 valence electrons.